The molecule has 1 rings (SSSR count). The standard InChI is InChI=1S/C8H14N4O/c1-2-3-7(8(13)11-9)12-5-4-10-6-12/h4-7H,2-3,9H2,1H3,(H,11,13). The minimum absolute atomic E-state index is 0.181. The number of imidazole rings is 1. The predicted octanol–water partition coefficient (Wildman–Crippen LogP) is 0.214. The number of aromatic nitrogens is 2. The first-order valence-electron chi connectivity index (χ1n) is 4.27. The van der Waals surface area contributed by atoms with E-state index in [1.807, 2.05) is 6.92 Å². The van der Waals surface area contributed by atoms with Gasteiger partial charge in [-0.2, -0.15) is 0 Å². The van der Waals surface area contributed by atoms with Crippen molar-refractivity contribution in [1.82, 2.24) is 15.0 Å². The van der Waals surface area contributed by atoms with Crippen LogP contribution in [0.2, 0.25) is 0 Å². The molecule has 1 amide bonds. The molecular weight excluding hydrogens is 168 g/mol. The third kappa shape index (κ3) is 2.29. The zero-order chi connectivity index (χ0) is 9.68. The predicted molar refractivity (Wildman–Crippen MR) is 48.5 cm³/mol. The molecule has 72 valence electrons. The summed E-state index contributed by atoms with van der Waals surface area (Å²) in [4.78, 5) is 15.2. The molecule has 0 fully saturated rings. The van der Waals surface area contributed by atoms with E-state index in [4.69, 9.17) is 5.84 Å². The molecule has 1 unspecified atom stereocenters. The molecule has 0 saturated carbocycles. The maximum Gasteiger partial charge on any atom is 0.256 e. The second kappa shape index (κ2) is 4.61. The van der Waals surface area contributed by atoms with E-state index in [9.17, 15) is 4.79 Å². The van der Waals surface area contributed by atoms with Crippen LogP contribution in [0.4, 0.5) is 0 Å². The number of nitrogens with two attached hydrogens (primary N) is 1. The number of hydrogen-bond donors (Lipinski definition) is 2. The number of nitrogens with zero attached hydrogens (tertiary/aromatic N) is 2. The Labute approximate surface area is 76.9 Å². The van der Waals surface area contributed by atoms with Crippen LogP contribution < -0.4 is 11.3 Å². The van der Waals surface area contributed by atoms with Crippen LogP contribution in [0.1, 0.15) is 25.8 Å². The molecular formula is C8H14N4O. The average molecular weight is 182 g/mol. The summed E-state index contributed by atoms with van der Waals surface area (Å²) in [5, 5.41) is 0. The van der Waals surface area contributed by atoms with E-state index >= 15 is 0 Å². The van der Waals surface area contributed by atoms with Crippen LogP contribution in [-0.2, 0) is 4.79 Å². The van der Waals surface area contributed by atoms with Crippen molar-refractivity contribution in [1.29, 1.82) is 0 Å². The van der Waals surface area contributed by atoms with Gasteiger partial charge in [-0.3, -0.25) is 10.2 Å². The third-order valence-electron chi connectivity index (χ3n) is 1.89. The maximum absolute atomic E-state index is 11.3. The lowest BCUT2D eigenvalue weighted by Gasteiger charge is -2.15. The van der Waals surface area contributed by atoms with Gasteiger partial charge in [0.15, 0.2) is 0 Å². The molecule has 0 aliphatic heterocycles. The van der Waals surface area contributed by atoms with Gasteiger partial charge in [0.25, 0.3) is 5.91 Å². The van der Waals surface area contributed by atoms with Gasteiger partial charge in [0.05, 0.1) is 6.33 Å². The number of rotatable bonds is 4. The van der Waals surface area contributed by atoms with Gasteiger partial charge in [0.2, 0.25) is 0 Å². The summed E-state index contributed by atoms with van der Waals surface area (Å²) in [5.74, 6) is 4.90. The van der Waals surface area contributed by atoms with E-state index in [0.29, 0.717) is 0 Å². The number of carbonyl (C=O) groups is 1. The first-order valence-corrected chi connectivity index (χ1v) is 4.27. The Morgan fingerprint density at radius 2 is 2.54 bits per heavy atom. The highest BCUT2D eigenvalue weighted by molar-refractivity contribution is 5.79. The summed E-state index contributed by atoms with van der Waals surface area (Å²) in [5.41, 5.74) is 2.15. The van der Waals surface area contributed by atoms with Crippen molar-refractivity contribution in [3.8, 4) is 0 Å². The van der Waals surface area contributed by atoms with Gasteiger partial charge in [-0.15, -0.1) is 0 Å². The Balaban J connectivity index is 2.74. The summed E-state index contributed by atoms with van der Waals surface area (Å²) in [6.45, 7) is 2.02. The summed E-state index contributed by atoms with van der Waals surface area (Å²) >= 11 is 0. The van der Waals surface area contributed by atoms with Crippen LogP contribution in [0.5, 0.6) is 0 Å². The van der Waals surface area contributed by atoms with Gasteiger partial charge < -0.3 is 4.57 Å². The molecule has 1 heterocycles. The normalized spacial score (nSPS) is 12.5. The van der Waals surface area contributed by atoms with E-state index in [0.717, 1.165) is 12.8 Å². The summed E-state index contributed by atoms with van der Waals surface area (Å²) in [7, 11) is 0. The van der Waals surface area contributed by atoms with Crippen LogP contribution in [0.3, 0.4) is 0 Å². The van der Waals surface area contributed by atoms with Gasteiger partial charge in [-0.25, -0.2) is 10.8 Å². The highest BCUT2D eigenvalue weighted by Gasteiger charge is 2.17. The zero-order valence-electron chi connectivity index (χ0n) is 7.60. The van der Waals surface area contributed by atoms with Crippen molar-refractivity contribution in [3.63, 3.8) is 0 Å². The van der Waals surface area contributed by atoms with Gasteiger partial charge in [0, 0.05) is 12.4 Å². The minimum Gasteiger partial charge on any atom is -0.325 e. The molecule has 3 N–H and O–H groups in total. The Morgan fingerprint density at radius 1 is 1.77 bits per heavy atom. The lowest BCUT2D eigenvalue weighted by molar-refractivity contribution is -0.124. The number of amides is 1. The van der Waals surface area contributed by atoms with E-state index in [-0.39, 0.29) is 11.9 Å². The van der Waals surface area contributed by atoms with Gasteiger partial charge in [-0.05, 0) is 6.42 Å². The molecule has 0 aliphatic rings. The molecule has 0 bridgehead atoms. The first kappa shape index (κ1) is 9.73. The highest BCUT2D eigenvalue weighted by Crippen LogP contribution is 2.12. The molecule has 1 aromatic rings. The molecule has 5 nitrogen and oxygen atoms in total. The number of nitrogens with one attached hydrogen (secondary N) is 1. The molecule has 0 saturated heterocycles. The van der Waals surface area contributed by atoms with Crippen LogP contribution in [-0.4, -0.2) is 15.5 Å². The Morgan fingerprint density at radius 3 is 3.00 bits per heavy atom. The minimum atomic E-state index is -0.238. The SMILES string of the molecule is CCCC(C(=O)NN)n1ccnc1. The van der Waals surface area contributed by atoms with E-state index in [1.54, 1.807) is 23.3 Å². The monoisotopic (exact) mass is 182 g/mol. The Kier molecular flexibility index (Phi) is 3.45. The second-order valence-electron chi connectivity index (χ2n) is 2.82. The van der Waals surface area contributed by atoms with Crippen LogP contribution >= 0.6 is 0 Å². The smallest absolute Gasteiger partial charge is 0.256 e. The number of hydrazine groups is 1. The van der Waals surface area contributed by atoms with Crippen LogP contribution in [0.15, 0.2) is 18.7 Å². The summed E-state index contributed by atoms with van der Waals surface area (Å²) < 4.78 is 1.76. The molecule has 13 heavy (non-hydrogen) atoms. The summed E-state index contributed by atoms with van der Waals surface area (Å²) in [6.07, 6.45) is 6.72. The van der Waals surface area contributed by atoms with Gasteiger partial charge in [0.1, 0.15) is 6.04 Å². The van der Waals surface area contributed by atoms with Crippen molar-refractivity contribution in [2.45, 2.75) is 25.8 Å². The Hall–Kier alpha value is -1.36. The number of carbonyl (C=O) groups excluding carboxylic acids is 1. The molecule has 0 spiro atoms. The van der Waals surface area contributed by atoms with Crippen molar-refractivity contribution in [2.24, 2.45) is 5.84 Å². The van der Waals surface area contributed by atoms with Crippen LogP contribution in [0, 0.1) is 0 Å². The van der Waals surface area contributed by atoms with Gasteiger partial charge in [-0.1, -0.05) is 13.3 Å². The average Bonchev–Trinajstić information content (AvgIpc) is 2.65. The topological polar surface area (TPSA) is 72.9 Å². The molecule has 0 aliphatic carbocycles. The van der Waals surface area contributed by atoms with E-state index in [2.05, 4.69) is 10.4 Å². The molecule has 1 atom stereocenters. The largest absolute Gasteiger partial charge is 0.325 e. The van der Waals surface area contributed by atoms with Crippen molar-refractivity contribution >= 4 is 5.91 Å². The quantitative estimate of drug-likeness (QED) is 0.397. The molecule has 5 heteroatoms. The fourth-order valence-corrected chi connectivity index (χ4v) is 1.24. The highest BCUT2D eigenvalue weighted by atomic mass is 16.2. The first-order chi connectivity index (χ1) is 6.29. The van der Waals surface area contributed by atoms with Crippen molar-refractivity contribution < 1.29 is 4.79 Å². The fourth-order valence-electron chi connectivity index (χ4n) is 1.24. The fraction of sp³-hybridized carbons (Fsp3) is 0.500. The number of hydrogen-bond acceptors (Lipinski definition) is 3. The maximum atomic E-state index is 11.3. The zero-order valence-corrected chi connectivity index (χ0v) is 7.60. The molecule has 1 aromatic heterocycles. The van der Waals surface area contributed by atoms with Crippen LogP contribution in [0.25, 0.3) is 0 Å². The molecule has 0 radical (unpaired) electrons. The lowest BCUT2D eigenvalue weighted by Crippen LogP contribution is -2.36. The third-order valence-corrected chi connectivity index (χ3v) is 1.89. The Bertz CT molecular complexity index is 257. The molecule has 0 aromatic carbocycles. The second-order valence-corrected chi connectivity index (χ2v) is 2.82. The van der Waals surface area contributed by atoms with E-state index in [1.165, 1.54) is 0 Å². The lowest BCUT2D eigenvalue weighted by atomic mass is 10.1. The van der Waals surface area contributed by atoms with E-state index < -0.39 is 0 Å². The van der Waals surface area contributed by atoms with Crippen molar-refractivity contribution in [2.75, 3.05) is 0 Å². The summed E-state index contributed by atoms with van der Waals surface area (Å²) in [6, 6.07) is -0.238. The van der Waals surface area contributed by atoms with Gasteiger partial charge >= 0.3 is 0 Å². The van der Waals surface area contributed by atoms with Crippen molar-refractivity contribution in [3.05, 3.63) is 18.7 Å².